The average molecular weight is 369 g/mol. The Kier molecular flexibility index (Phi) is 5.97. The maximum absolute atomic E-state index is 14.1. The van der Waals surface area contributed by atoms with Crippen molar-refractivity contribution in [2.45, 2.75) is 19.3 Å². The minimum absolute atomic E-state index is 0.0318. The zero-order valence-electron chi connectivity index (χ0n) is 14.1. The van der Waals surface area contributed by atoms with E-state index in [1.165, 1.54) is 6.07 Å². The number of aromatic nitrogens is 1. The Morgan fingerprint density at radius 2 is 1.88 bits per heavy atom. The van der Waals surface area contributed by atoms with Crippen LogP contribution in [-0.2, 0) is 11.2 Å². The monoisotopic (exact) mass is 368 g/mol. The Bertz CT molecular complexity index is 882. The van der Waals surface area contributed by atoms with E-state index in [4.69, 9.17) is 11.6 Å². The summed E-state index contributed by atoms with van der Waals surface area (Å²) >= 11 is 5.83. The lowest BCUT2D eigenvalue weighted by molar-refractivity contribution is -0.116. The van der Waals surface area contributed by atoms with Crippen LogP contribution in [0.5, 0.6) is 0 Å². The molecule has 1 heterocycles. The first-order valence-electron chi connectivity index (χ1n) is 8.36. The van der Waals surface area contributed by atoms with Crippen LogP contribution in [0.3, 0.4) is 0 Å². The number of nitrogens with one attached hydrogen (secondary N) is 1. The molecule has 1 aromatic heterocycles. The summed E-state index contributed by atoms with van der Waals surface area (Å²) in [6.45, 7) is 0. The summed E-state index contributed by atoms with van der Waals surface area (Å²) in [5.41, 5.74) is 3.07. The molecule has 132 valence electrons. The summed E-state index contributed by atoms with van der Waals surface area (Å²) in [5.74, 6) is -0.440. The van der Waals surface area contributed by atoms with Gasteiger partial charge in [-0.1, -0.05) is 48.0 Å². The van der Waals surface area contributed by atoms with Crippen LogP contribution in [0.15, 0.2) is 67.0 Å². The first-order valence-corrected chi connectivity index (χ1v) is 8.74. The molecule has 0 unspecified atom stereocenters. The van der Waals surface area contributed by atoms with Gasteiger partial charge in [0.2, 0.25) is 5.91 Å². The van der Waals surface area contributed by atoms with Gasteiger partial charge in [-0.3, -0.25) is 9.78 Å². The van der Waals surface area contributed by atoms with Crippen molar-refractivity contribution >= 4 is 23.2 Å². The third-order valence-corrected chi connectivity index (χ3v) is 4.32. The normalized spacial score (nSPS) is 10.5. The largest absolute Gasteiger partial charge is 0.325 e. The van der Waals surface area contributed by atoms with Gasteiger partial charge in [0, 0.05) is 18.2 Å². The SMILES string of the molecule is O=C(CCCc1ccc(-c2cccc(Cl)c2F)cc1)Nc1cccnc1. The fourth-order valence-corrected chi connectivity index (χ4v) is 2.87. The third-order valence-electron chi connectivity index (χ3n) is 4.03. The van der Waals surface area contributed by atoms with Gasteiger partial charge in [-0.05, 0) is 42.2 Å². The average Bonchev–Trinajstić information content (AvgIpc) is 2.65. The molecule has 0 saturated carbocycles. The van der Waals surface area contributed by atoms with Crippen molar-refractivity contribution in [2.75, 3.05) is 5.32 Å². The van der Waals surface area contributed by atoms with Crippen LogP contribution < -0.4 is 5.32 Å². The van der Waals surface area contributed by atoms with Gasteiger partial charge in [-0.2, -0.15) is 0 Å². The van der Waals surface area contributed by atoms with Crippen LogP contribution in [0.1, 0.15) is 18.4 Å². The smallest absolute Gasteiger partial charge is 0.224 e. The fraction of sp³-hybridized carbons (Fsp3) is 0.143. The Labute approximate surface area is 156 Å². The van der Waals surface area contributed by atoms with Crippen LogP contribution in [0.25, 0.3) is 11.1 Å². The summed E-state index contributed by atoms with van der Waals surface area (Å²) in [5, 5.41) is 2.93. The third kappa shape index (κ3) is 4.67. The summed E-state index contributed by atoms with van der Waals surface area (Å²) in [6, 6.07) is 16.2. The van der Waals surface area contributed by atoms with Gasteiger partial charge in [0.25, 0.3) is 0 Å². The van der Waals surface area contributed by atoms with Gasteiger partial charge in [-0.15, -0.1) is 0 Å². The number of carbonyl (C=O) groups excluding carboxylic acids is 1. The number of carbonyl (C=O) groups is 1. The van der Waals surface area contributed by atoms with Crippen molar-refractivity contribution < 1.29 is 9.18 Å². The lowest BCUT2D eigenvalue weighted by Gasteiger charge is -2.07. The van der Waals surface area contributed by atoms with E-state index in [9.17, 15) is 9.18 Å². The van der Waals surface area contributed by atoms with E-state index in [1.54, 1.807) is 36.7 Å². The van der Waals surface area contributed by atoms with Gasteiger partial charge in [0.1, 0.15) is 5.82 Å². The van der Waals surface area contributed by atoms with Crippen molar-refractivity contribution in [1.82, 2.24) is 4.98 Å². The highest BCUT2D eigenvalue weighted by Gasteiger charge is 2.08. The van der Waals surface area contributed by atoms with Crippen LogP contribution in [0, 0.1) is 5.82 Å². The van der Waals surface area contributed by atoms with Crippen LogP contribution in [0.4, 0.5) is 10.1 Å². The molecule has 0 atom stereocenters. The van der Waals surface area contributed by atoms with Gasteiger partial charge in [0.05, 0.1) is 16.9 Å². The predicted octanol–water partition coefficient (Wildman–Crippen LogP) is 5.50. The first kappa shape index (κ1) is 18.1. The molecule has 0 aliphatic rings. The lowest BCUT2D eigenvalue weighted by atomic mass is 10.0. The zero-order chi connectivity index (χ0) is 18.4. The summed E-state index contributed by atoms with van der Waals surface area (Å²) in [7, 11) is 0. The molecule has 26 heavy (non-hydrogen) atoms. The maximum Gasteiger partial charge on any atom is 0.224 e. The molecule has 0 fully saturated rings. The number of anilines is 1. The van der Waals surface area contributed by atoms with Gasteiger partial charge in [0.15, 0.2) is 0 Å². The van der Waals surface area contributed by atoms with Crippen molar-refractivity contribution in [1.29, 1.82) is 0 Å². The van der Waals surface area contributed by atoms with Crippen molar-refractivity contribution in [3.8, 4) is 11.1 Å². The standard InChI is InChI=1S/C21H18ClFN2O/c22-19-7-2-6-18(21(19)23)16-11-9-15(10-12-16)4-1-8-20(26)25-17-5-3-13-24-14-17/h2-3,5-7,9-14H,1,4,8H2,(H,25,26). The molecule has 0 aliphatic heterocycles. The van der Waals surface area contributed by atoms with Gasteiger partial charge < -0.3 is 5.32 Å². The van der Waals surface area contributed by atoms with Crippen LogP contribution in [-0.4, -0.2) is 10.9 Å². The summed E-state index contributed by atoms with van der Waals surface area (Å²) in [6.07, 6.45) is 5.22. The number of nitrogens with zero attached hydrogens (tertiary/aromatic N) is 1. The Hall–Kier alpha value is -2.72. The summed E-state index contributed by atoms with van der Waals surface area (Å²) in [4.78, 5) is 15.9. The molecule has 1 amide bonds. The van der Waals surface area contributed by atoms with E-state index in [0.29, 0.717) is 17.7 Å². The molecular formula is C21H18ClFN2O. The summed E-state index contributed by atoms with van der Waals surface area (Å²) < 4.78 is 14.1. The number of hydrogen-bond acceptors (Lipinski definition) is 2. The van der Waals surface area contributed by atoms with Crippen molar-refractivity contribution in [3.63, 3.8) is 0 Å². The lowest BCUT2D eigenvalue weighted by Crippen LogP contribution is -2.11. The number of hydrogen-bond donors (Lipinski definition) is 1. The highest BCUT2D eigenvalue weighted by molar-refractivity contribution is 6.31. The minimum Gasteiger partial charge on any atom is -0.325 e. The highest BCUT2D eigenvalue weighted by Crippen LogP contribution is 2.27. The van der Waals surface area contributed by atoms with E-state index in [-0.39, 0.29) is 10.9 Å². The van der Waals surface area contributed by atoms with E-state index >= 15 is 0 Å². The minimum atomic E-state index is -0.408. The molecule has 0 saturated heterocycles. The van der Waals surface area contributed by atoms with Crippen LogP contribution >= 0.6 is 11.6 Å². The number of halogens is 2. The molecule has 5 heteroatoms. The zero-order valence-corrected chi connectivity index (χ0v) is 14.8. The molecule has 0 aliphatic carbocycles. The Morgan fingerprint density at radius 3 is 2.62 bits per heavy atom. The van der Waals surface area contributed by atoms with Gasteiger partial charge >= 0.3 is 0 Å². The molecule has 0 spiro atoms. The maximum atomic E-state index is 14.1. The topological polar surface area (TPSA) is 42.0 Å². The van der Waals surface area contributed by atoms with Crippen molar-refractivity contribution in [2.24, 2.45) is 0 Å². The predicted molar refractivity (Wildman–Crippen MR) is 103 cm³/mol. The molecule has 3 aromatic rings. The number of pyridine rings is 1. The second-order valence-corrected chi connectivity index (χ2v) is 6.35. The molecule has 0 bridgehead atoms. The Balaban J connectivity index is 1.53. The van der Waals surface area contributed by atoms with Crippen LogP contribution in [0.2, 0.25) is 5.02 Å². The van der Waals surface area contributed by atoms with Crippen molar-refractivity contribution in [3.05, 3.63) is 83.4 Å². The quantitative estimate of drug-likeness (QED) is 0.624. The molecule has 1 N–H and O–H groups in total. The number of rotatable bonds is 6. The second-order valence-electron chi connectivity index (χ2n) is 5.94. The number of benzene rings is 2. The van der Waals surface area contributed by atoms with E-state index < -0.39 is 5.82 Å². The molecular weight excluding hydrogens is 351 g/mol. The molecule has 2 aromatic carbocycles. The highest BCUT2D eigenvalue weighted by atomic mass is 35.5. The van der Waals surface area contributed by atoms with E-state index in [0.717, 1.165) is 24.0 Å². The number of amides is 1. The molecule has 0 radical (unpaired) electrons. The molecule has 3 nitrogen and oxygen atoms in total. The Morgan fingerprint density at radius 1 is 1.08 bits per heavy atom. The fourth-order valence-electron chi connectivity index (χ4n) is 2.69. The second kappa shape index (κ2) is 8.59. The van der Waals surface area contributed by atoms with E-state index in [2.05, 4.69) is 10.3 Å². The number of aryl methyl sites for hydroxylation is 1. The first-order chi connectivity index (χ1) is 12.6. The molecule has 3 rings (SSSR count). The van der Waals surface area contributed by atoms with E-state index in [1.807, 2.05) is 24.3 Å². The van der Waals surface area contributed by atoms with Gasteiger partial charge in [-0.25, -0.2) is 4.39 Å².